The summed E-state index contributed by atoms with van der Waals surface area (Å²) in [6.07, 6.45) is -2.15. The molecule has 0 saturated heterocycles. The van der Waals surface area contributed by atoms with Gasteiger partial charge < -0.3 is 9.14 Å². The van der Waals surface area contributed by atoms with Crippen molar-refractivity contribution in [2.24, 2.45) is 0 Å². The lowest BCUT2D eigenvalue weighted by Crippen LogP contribution is -2.31. The van der Waals surface area contributed by atoms with Gasteiger partial charge >= 0.3 is 6.18 Å². The lowest BCUT2D eigenvalue weighted by atomic mass is 10.2. The van der Waals surface area contributed by atoms with Crippen molar-refractivity contribution in [3.05, 3.63) is 48.8 Å². The van der Waals surface area contributed by atoms with E-state index in [-0.39, 0.29) is 0 Å². The molecule has 0 saturated carbocycles. The second kappa shape index (κ2) is 5.53. The Bertz CT molecular complexity index is 844. The first kappa shape index (κ1) is 15.3. The Morgan fingerprint density at radius 2 is 2.00 bits per heavy atom. The van der Waals surface area contributed by atoms with Gasteiger partial charge in [-0.3, -0.25) is 0 Å². The number of ether oxygens (including phenoxy) is 1. The van der Waals surface area contributed by atoms with Crippen LogP contribution in [0.25, 0.3) is 16.8 Å². The number of pyridine rings is 1. The van der Waals surface area contributed by atoms with Gasteiger partial charge in [0.2, 0.25) is 0 Å². The third-order valence-corrected chi connectivity index (χ3v) is 3.27. The Hall–Kier alpha value is -2.64. The van der Waals surface area contributed by atoms with Crippen LogP contribution in [-0.2, 0) is 0 Å². The van der Waals surface area contributed by atoms with Crippen molar-refractivity contribution in [1.29, 1.82) is 0 Å². The number of alkyl halides is 3. The van der Waals surface area contributed by atoms with E-state index in [0.29, 0.717) is 11.3 Å². The largest absolute Gasteiger partial charge is 0.463 e. The predicted octanol–water partition coefficient (Wildman–Crippen LogP) is 3.87. The molecular weight excluding hydrogens is 314 g/mol. The van der Waals surface area contributed by atoms with Crippen molar-refractivity contribution >= 4 is 5.52 Å². The van der Waals surface area contributed by atoms with Gasteiger partial charge in [0.15, 0.2) is 11.9 Å². The molecule has 0 aliphatic carbocycles. The Morgan fingerprint density at radius 3 is 2.70 bits per heavy atom. The molecule has 0 spiro atoms. The summed E-state index contributed by atoms with van der Waals surface area (Å²) in [5.74, 6) is -1.67. The summed E-state index contributed by atoms with van der Waals surface area (Å²) in [4.78, 5) is 7.79. The molecule has 0 amide bonds. The quantitative estimate of drug-likeness (QED) is 0.686. The molecule has 3 aromatic rings. The smallest absolute Gasteiger partial charge is 0.425 e. The van der Waals surface area contributed by atoms with Gasteiger partial charge in [0.05, 0.1) is 12.0 Å². The highest BCUT2D eigenvalue weighted by Crippen LogP contribution is 2.27. The lowest BCUT2D eigenvalue weighted by molar-refractivity contribution is -0.190. The number of nitrogens with zero attached hydrogens (tertiary/aromatic N) is 3. The zero-order valence-electron chi connectivity index (χ0n) is 11.9. The number of aromatic nitrogens is 3. The summed E-state index contributed by atoms with van der Waals surface area (Å²) >= 11 is 0. The molecule has 0 bridgehead atoms. The monoisotopic (exact) mass is 325 g/mol. The van der Waals surface area contributed by atoms with Gasteiger partial charge in [0.25, 0.3) is 5.88 Å². The minimum atomic E-state index is -4.59. The molecule has 0 N–H and O–H groups in total. The maximum atomic E-state index is 14.0. The molecule has 1 atom stereocenters. The van der Waals surface area contributed by atoms with Crippen molar-refractivity contribution in [2.75, 3.05) is 0 Å². The van der Waals surface area contributed by atoms with E-state index in [9.17, 15) is 17.6 Å². The van der Waals surface area contributed by atoms with Gasteiger partial charge in [-0.25, -0.2) is 14.4 Å². The zero-order valence-corrected chi connectivity index (χ0v) is 11.9. The summed E-state index contributed by atoms with van der Waals surface area (Å²) in [5.41, 5.74) is 1.65. The highest BCUT2D eigenvalue weighted by Gasteiger charge is 2.38. The molecular formula is C15H11F4N3O. The second-order valence-electron chi connectivity index (χ2n) is 4.93. The molecule has 3 aromatic heterocycles. The van der Waals surface area contributed by atoms with Gasteiger partial charge in [-0.05, 0) is 31.2 Å². The topological polar surface area (TPSA) is 39.4 Å². The van der Waals surface area contributed by atoms with E-state index in [0.717, 1.165) is 18.5 Å². The van der Waals surface area contributed by atoms with E-state index < -0.39 is 24.0 Å². The average Bonchev–Trinajstić information content (AvgIpc) is 2.95. The van der Waals surface area contributed by atoms with Crippen LogP contribution in [0.5, 0.6) is 5.88 Å². The molecule has 120 valence electrons. The van der Waals surface area contributed by atoms with Gasteiger partial charge in [0, 0.05) is 23.5 Å². The van der Waals surface area contributed by atoms with E-state index in [1.54, 1.807) is 23.0 Å². The van der Waals surface area contributed by atoms with Crippen LogP contribution in [0.1, 0.15) is 6.92 Å². The summed E-state index contributed by atoms with van der Waals surface area (Å²) in [6.45, 7) is 0.789. The highest BCUT2D eigenvalue weighted by atomic mass is 19.4. The maximum absolute atomic E-state index is 14.0. The lowest BCUT2D eigenvalue weighted by Gasteiger charge is -2.17. The van der Waals surface area contributed by atoms with Crippen LogP contribution in [0, 0.1) is 5.82 Å². The summed E-state index contributed by atoms with van der Waals surface area (Å²) < 4.78 is 57.6. The third kappa shape index (κ3) is 3.10. The molecule has 23 heavy (non-hydrogen) atoms. The summed E-state index contributed by atoms with van der Waals surface area (Å²) in [6, 6.07) is 6.44. The SMILES string of the molecule is C[C@H](Oc1ncc(-c2cc3cccn3cn2)cc1F)C(F)(F)F. The molecule has 0 aromatic carbocycles. The van der Waals surface area contributed by atoms with Gasteiger partial charge in [-0.15, -0.1) is 0 Å². The molecule has 0 fully saturated rings. The van der Waals surface area contributed by atoms with Crippen LogP contribution < -0.4 is 4.74 Å². The first-order valence-corrected chi connectivity index (χ1v) is 6.66. The number of rotatable bonds is 3. The van der Waals surface area contributed by atoms with E-state index in [2.05, 4.69) is 14.7 Å². The summed E-state index contributed by atoms with van der Waals surface area (Å²) in [5, 5.41) is 0. The molecule has 0 unspecified atom stereocenters. The summed E-state index contributed by atoms with van der Waals surface area (Å²) in [7, 11) is 0. The fraction of sp³-hybridized carbons (Fsp3) is 0.200. The third-order valence-electron chi connectivity index (χ3n) is 3.27. The van der Waals surface area contributed by atoms with Gasteiger partial charge in [-0.1, -0.05) is 0 Å². The second-order valence-corrected chi connectivity index (χ2v) is 4.93. The number of hydrogen-bond acceptors (Lipinski definition) is 3. The Kier molecular flexibility index (Phi) is 3.67. The molecule has 0 aliphatic rings. The Morgan fingerprint density at radius 1 is 1.22 bits per heavy atom. The van der Waals surface area contributed by atoms with Gasteiger partial charge in [-0.2, -0.15) is 13.2 Å². The van der Waals surface area contributed by atoms with Crippen LogP contribution in [0.15, 0.2) is 43.0 Å². The average molecular weight is 325 g/mol. The number of fused-ring (bicyclic) bond motifs is 1. The number of hydrogen-bond donors (Lipinski definition) is 0. The highest BCUT2D eigenvalue weighted by molar-refractivity contribution is 5.64. The van der Waals surface area contributed by atoms with Crippen LogP contribution in [-0.4, -0.2) is 26.6 Å². The normalized spacial score (nSPS) is 13.3. The van der Waals surface area contributed by atoms with Crippen molar-refractivity contribution in [3.8, 4) is 17.1 Å². The van der Waals surface area contributed by atoms with Crippen LogP contribution in [0.4, 0.5) is 17.6 Å². The Labute approximate surface area is 128 Å². The van der Waals surface area contributed by atoms with E-state index in [1.807, 2.05) is 12.1 Å². The van der Waals surface area contributed by atoms with Crippen molar-refractivity contribution in [3.63, 3.8) is 0 Å². The zero-order chi connectivity index (χ0) is 16.6. The molecule has 0 aliphatic heterocycles. The van der Waals surface area contributed by atoms with E-state index in [4.69, 9.17) is 0 Å². The van der Waals surface area contributed by atoms with Crippen molar-refractivity contribution in [1.82, 2.24) is 14.4 Å². The van der Waals surface area contributed by atoms with Crippen molar-refractivity contribution in [2.45, 2.75) is 19.2 Å². The van der Waals surface area contributed by atoms with E-state index >= 15 is 0 Å². The fourth-order valence-electron chi connectivity index (χ4n) is 1.98. The fourth-order valence-corrected chi connectivity index (χ4v) is 1.98. The molecule has 3 heterocycles. The molecule has 3 rings (SSSR count). The predicted molar refractivity (Wildman–Crippen MR) is 74.5 cm³/mol. The standard InChI is InChI=1S/C15H11F4N3O/c1-9(15(17,18)19)23-14-12(16)5-10(7-20-14)13-6-11-3-2-4-22(11)8-21-13/h2-9H,1H3/t9-/m0/s1. The molecule has 4 nitrogen and oxygen atoms in total. The molecule has 8 heteroatoms. The molecule has 0 radical (unpaired) electrons. The first-order valence-electron chi connectivity index (χ1n) is 6.66. The minimum absolute atomic E-state index is 0.346. The van der Waals surface area contributed by atoms with Crippen LogP contribution in [0.2, 0.25) is 0 Å². The minimum Gasteiger partial charge on any atom is -0.463 e. The Balaban J connectivity index is 1.89. The maximum Gasteiger partial charge on any atom is 0.425 e. The van der Waals surface area contributed by atoms with Crippen LogP contribution in [0.3, 0.4) is 0 Å². The first-order chi connectivity index (χ1) is 10.8. The van der Waals surface area contributed by atoms with Crippen molar-refractivity contribution < 1.29 is 22.3 Å². The number of halogens is 4. The van der Waals surface area contributed by atoms with Gasteiger partial charge in [0.1, 0.15) is 0 Å². The van der Waals surface area contributed by atoms with Crippen LogP contribution >= 0.6 is 0 Å². The van der Waals surface area contributed by atoms with E-state index in [1.165, 1.54) is 6.20 Å².